The van der Waals surface area contributed by atoms with E-state index in [1.807, 2.05) is 53.7 Å². The van der Waals surface area contributed by atoms with E-state index < -0.39 is 97.0 Å². The maximum atomic E-state index is 13.9. The number of esters is 1. The van der Waals surface area contributed by atoms with E-state index in [2.05, 4.69) is 0 Å². The van der Waals surface area contributed by atoms with Gasteiger partial charge < -0.3 is 64.4 Å². The molecule has 348 valence electrons. The van der Waals surface area contributed by atoms with Crippen molar-refractivity contribution in [2.24, 2.45) is 41.2 Å². The van der Waals surface area contributed by atoms with E-state index in [4.69, 9.17) is 38.9 Å². The number of amides is 1. The molecule has 3 heterocycles. The van der Waals surface area contributed by atoms with Gasteiger partial charge in [0.2, 0.25) is 5.76 Å². The number of ether oxygens (including phenoxy) is 7. The number of hydrogen-bond acceptors (Lipinski definition) is 14. The fraction of sp³-hybridized carbons (Fsp3) is 0.739. The Morgan fingerprint density at radius 3 is 2.34 bits per heavy atom. The second kappa shape index (κ2) is 23.5. The van der Waals surface area contributed by atoms with E-state index in [9.17, 15) is 35.1 Å². The summed E-state index contributed by atoms with van der Waals surface area (Å²) in [5, 5.41) is 58.0. The number of aliphatic hydroxyl groups excluding tert-OH is 4. The molecule has 15 heteroatoms. The summed E-state index contributed by atoms with van der Waals surface area (Å²) >= 11 is 0. The Bertz CT molecular complexity index is 1570. The molecule has 1 amide bonds. The molecule has 0 saturated carbocycles. The quantitative estimate of drug-likeness (QED) is 0.119. The summed E-state index contributed by atoms with van der Waals surface area (Å²) in [7, 11) is 2.81. The highest BCUT2D eigenvalue weighted by Gasteiger charge is 2.52. The molecule has 61 heavy (non-hydrogen) atoms. The first-order valence-corrected chi connectivity index (χ1v) is 21.7. The van der Waals surface area contributed by atoms with Gasteiger partial charge in [-0.1, -0.05) is 89.1 Å². The fourth-order valence-corrected chi connectivity index (χ4v) is 8.94. The fourth-order valence-electron chi connectivity index (χ4n) is 8.94. The Morgan fingerprint density at radius 1 is 1.10 bits per heavy atom. The van der Waals surface area contributed by atoms with Gasteiger partial charge in [0.25, 0.3) is 0 Å². The lowest BCUT2D eigenvalue weighted by Gasteiger charge is -2.49. The lowest BCUT2D eigenvalue weighted by atomic mass is 9.77. The first-order valence-electron chi connectivity index (χ1n) is 21.7. The van der Waals surface area contributed by atoms with Crippen molar-refractivity contribution in [1.82, 2.24) is 0 Å². The van der Waals surface area contributed by atoms with Crippen LogP contribution in [0.4, 0.5) is 4.79 Å². The SMILES string of the molecule is C/C=C/[C@H]1O[C@@](O)([C@@H](C)[C@H](O)[C@H](C)[C@H]2OC(=O)/C(OC)=C/C(C)=C/[C@@H](C)[C@@H](O)[C@@H](CC)[C@@H](O)[C@H](C)C/C(C)=C/C=C/[C@@H]2OC)C[C@@H](O[C@@H]2C[C@H](O)[C@@H](OC(N)=O)[C@H](C)O2)[C@@H]1C. The van der Waals surface area contributed by atoms with Gasteiger partial charge in [0.1, 0.15) is 12.2 Å². The number of nitrogens with two attached hydrogens (primary N) is 1. The molecule has 0 aliphatic carbocycles. The molecule has 0 unspecified atom stereocenters. The minimum absolute atomic E-state index is 0.0313. The molecule has 0 aromatic heterocycles. The summed E-state index contributed by atoms with van der Waals surface area (Å²) in [6.07, 6.45) is 2.20. The van der Waals surface area contributed by atoms with Crippen molar-refractivity contribution in [3.05, 3.63) is 59.4 Å². The number of carbonyl (C=O) groups excluding carboxylic acids is 2. The zero-order valence-corrected chi connectivity index (χ0v) is 38.2. The predicted octanol–water partition coefficient (Wildman–Crippen LogP) is 4.98. The van der Waals surface area contributed by atoms with Crippen LogP contribution in [0.2, 0.25) is 0 Å². The van der Waals surface area contributed by atoms with Crippen molar-refractivity contribution in [1.29, 1.82) is 0 Å². The summed E-state index contributed by atoms with van der Waals surface area (Å²) in [6, 6.07) is 0. The van der Waals surface area contributed by atoms with Crippen molar-refractivity contribution in [3.63, 3.8) is 0 Å². The molecule has 3 aliphatic rings. The molecule has 3 rings (SSSR count). The molecule has 0 bridgehead atoms. The van der Waals surface area contributed by atoms with E-state index >= 15 is 0 Å². The van der Waals surface area contributed by atoms with Gasteiger partial charge in [-0.15, -0.1) is 0 Å². The summed E-state index contributed by atoms with van der Waals surface area (Å²) in [5.74, 6) is -6.00. The topological polar surface area (TPSA) is 226 Å². The molecule has 0 aromatic carbocycles. The minimum atomic E-state index is -1.97. The smallest absolute Gasteiger partial charge is 0.404 e. The Balaban J connectivity index is 2.00. The number of aliphatic hydroxyl groups is 5. The third-order valence-corrected chi connectivity index (χ3v) is 12.8. The molecule has 18 atom stereocenters. The Kier molecular flexibility index (Phi) is 20.1. The Hall–Kier alpha value is -3.12. The Morgan fingerprint density at radius 2 is 1.77 bits per heavy atom. The molecular formula is C46H75NO14. The second-order valence-corrected chi connectivity index (χ2v) is 17.5. The van der Waals surface area contributed by atoms with Crippen molar-refractivity contribution < 1.29 is 68.3 Å². The first kappa shape index (κ1) is 52.2. The average Bonchev–Trinajstić information content (AvgIpc) is 3.19. The number of carbonyl (C=O) groups is 2. The van der Waals surface area contributed by atoms with Crippen LogP contribution in [0.25, 0.3) is 0 Å². The van der Waals surface area contributed by atoms with Gasteiger partial charge in [0, 0.05) is 49.5 Å². The van der Waals surface area contributed by atoms with Crippen LogP contribution in [0, 0.1) is 35.5 Å². The van der Waals surface area contributed by atoms with E-state index in [0.717, 1.165) is 5.57 Å². The highest BCUT2D eigenvalue weighted by molar-refractivity contribution is 5.87. The number of rotatable bonds is 11. The van der Waals surface area contributed by atoms with Crippen molar-refractivity contribution >= 4 is 12.1 Å². The zero-order valence-electron chi connectivity index (χ0n) is 38.2. The monoisotopic (exact) mass is 866 g/mol. The molecule has 0 spiro atoms. The molecule has 2 saturated heterocycles. The average molecular weight is 866 g/mol. The highest BCUT2D eigenvalue weighted by atomic mass is 16.7. The van der Waals surface area contributed by atoms with Crippen LogP contribution in [0.1, 0.15) is 94.9 Å². The summed E-state index contributed by atoms with van der Waals surface area (Å²) in [5.41, 5.74) is 6.78. The summed E-state index contributed by atoms with van der Waals surface area (Å²) < 4.78 is 41.4. The van der Waals surface area contributed by atoms with Crippen molar-refractivity contribution in [2.75, 3.05) is 14.2 Å². The molecular weight excluding hydrogens is 790 g/mol. The standard InChI is InChI=1S/C46H75NO14/c1-13-16-34-28(7)37(58-38-22-33(48)43(31(10)57-38)60-45(47)53)23-46(54,61-34)30(9)41(51)29(8)42-35(55-11)18-15-17-24(3)19-26(5)39(49)32(14-2)40(50)27(6)20-25(4)21-36(56-12)44(52)59-42/h13,15-18,20-21,26-35,37-43,48-51,54H,14,19,22-23H2,1-12H3,(H2,47,53)/b16-13+,18-15+,24-17+,25-20+,36-21-/t26-,27-,28-,29+,30+,31+,32+,33+,34-,35+,37-,38-,39+,40-,41-,42-,43+,46-/m1/s1. The maximum absolute atomic E-state index is 13.9. The van der Waals surface area contributed by atoms with Gasteiger partial charge >= 0.3 is 12.1 Å². The maximum Gasteiger partial charge on any atom is 0.404 e. The van der Waals surface area contributed by atoms with Crippen molar-refractivity contribution in [3.8, 4) is 0 Å². The number of cyclic esters (lactones) is 1. The summed E-state index contributed by atoms with van der Waals surface area (Å²) in [6.45, 7) is 18.2. The van der Waals surface area contributed by atoms with Gasteiger partial charge in [0.15, 0.2) is 18.2 Å². The lowest BCUT2D eigenvalue weighted by Crippen LogP contribution is -2.59. The number of primary amides is 1. The van der Waals surface area contributed by atoms with Crippen molar-refractivity contribution in [2.45, 2.75) is 168 Å². The van der Waals surface area contributed by atoms with Crippen LogP contribution in [-0.2, 0) is 38.0 Å². The van der Waals surface area contributed by atoms with Crippen LogP contribution in [0.3, 0.4) is 0 Å². The number of hydrogen-bond donors (Lipinski definition) is 6. The molecule has 0 radical (unpaired) electrons. The van der Waals surface area contributed by atoms with Gasteiger partial charge in [-0.05, 0) is 52.5 Å². The van der Waals surface area contributed by atoms with E-state index in [1.165, 1.54) is 20.3 Å². The van der Waals surface area contributed by atoms with E-state index in [-0.39, 0.29) is 42.3 Å². The largest absolute Gasteiger partial charge is 0.490 e. The summed E-state index contributed by atoms with van der Waals surface area (Å²) in [4.78, 5) is 25.4. The highest BCUT2D eigenvalue weighted by Crippen LogP contribution is 2.42. The third kappa shape index (κ3) is 13.7. The first-order chi connectivity index (χ1) is 28.6. The van der Waals surface area contributed by atoms with Gasteiger partial charge in [0.05, 0.1) is 49.8 Å². The molecule has 15 nitrogen and oxygen atoms in total. The van der Waals surface area contributed by atoms with Crippen LogP contribution >= 0.6 is 0 Å². The Labute approximate surface area is 362 Å². The predicted molar refractivity (Wildman–Crippen MR) is 228 cm³/mol. The van der Waals surface area contributed by atoms with Crippen LogP contribution in [-0.4, -0.2) is 125 Å². The zero-order chi connectivity index (χ0) is 45.9. The normalized spacial score (nSPS) is 42.2. The molecule has 2 fully saturated rings. The lowest BCUT2D eigenvalue weighted by molar-refractivity contribution is -0.338. The van der Waals surface area contributed by atoms with Gasteiger partial charge in [-0.2, -0.15) is 0 Å². The molecule has 0 aromatic rings. The third-order valence-electron chi connectivity index (χ3n) is 12.8. The van der Waals surface area contributed by atoms with Crippen LogP contribution in [0.5, 0.6) is 0 Å². The number of methoxy groups -OCH3 is 2. The van der Waals surface area contributed by atoms with Gasteiger partial charge in [-0.3, -0.25) is 0 Å². The molecule has 3 aliphatic heterocycles. The van der Waals surface area contributed by atoms with E-state index in [0.29, 0.717) is 18.4 Å². The van der Waals surface area contributed by atoms with Gasteiger partial charge in [-0.25, -0.2) is 9.59 Å². The van der Waals surface area contributed by atoms with Crippen LogP contribution < -0.4 is 5.73 Å². The second-order valence-electron chi connectivity index (χ2n) is 17.5. The van der Waals surface area contributed by atoms with E-state index in [1.54, 1.807) is 52.0 Å². The number of allylic oxidation sites excluding steroid dienone is 6. The van der Waals surface area contributed by atoms with Crippen LogP contribution in [0.15, 0.2) is 59.4 Å². The molecule has 7 N–H and O–H groups in total. The minimum Gasteiger partial charge on any atom is -0.490 e.